The van der Waals surface area contributed by atoms with Gasteiger partial charge in [-0.15, -0.1) is 0 Å². The van der Waals surface area contributed by atoms with Gasteiger partial charge in [0.25, 0.3) is 0 Å². The molecule has 18 heteroatoms. The number of halogens is 8. The Hall–Kier alpha value is 0.455. The van der Waals surface area contributed by atoms with E-state index in [1.807, 2.05) is 0 Å². The molecular weight excluding hydrogens is 374 g/mol. The van der Waals surface area contributed by atoms with Gasteiger partial charge in [-0.25, -0.2) is 16.8 Å². The van der Waals surface area contributed by atoms with Crippen LogP contribution in [0.5, 0.6) is 0 Å². The molecular formula is C4F8Li2O6S2. The van der Waals surface area contributed by atoms with E-state index in [0.717, 1.165) is 0 Å². The van der Waals surface area contributed by atoms with Gasteiger partial charge in [-0.1, -0.05) is 0 Å². The molecule has 0 rings (SSSR count). The van der Waals surface area contributed by atoms with E-state index in [-0.39, 0.29) is 37.7 Å². The third-order valence-electron chi connectivity index (χ3n) is 1.75. The van der Waals surface area contributed by atoms with Crippen molar-refractivity contribution in [2.24, 2.45) is 0 Å². The summed E-state index contributed by atoms with van der Waals surface area (Å²) in [5, 5.41) is -14.6. The molecule has 22 heavy (non-hydrogen) atoms. The Morgan fingerprint density at radius 1 is 0.545 bits per heavy atom. The summed E-state index contributed by atoms with van der Waals surface area (Å²) in [6, 6.07) is 0. The number of alkyl halides is 8. The molecule has 0 aliphatic carbocycles. The Labute approximate surface area is 141 Å². The van der Waals surface area contributed by atoms with Gasteiger partial charge < -0.3 is 9.11 Å². The van der Waals surface area contributed by atoms with Gasteiger partial charge in [0.05, 0.1) is 0 Å². The van der Waals surface area contributed by atoms with Crippen LogP contribution in [-0.2, 0) is 20.2 Å². The van der Waals surface area contributed by atoms with Gasteiger partial charge in [0.1, 0.15) is 0 Å². The molecule has 0 amide bonds. The Bertz CT molecular complexity index is 546. The minimum absolute atomic E-state index is 0. The standard InChI is InChI=1S/C4H2F8O6S2.2Li/c5-1(6,3(9,10)19(13,14)15)2(7,8)4(11,12)20(16,17)18;;/h(H,13,14,15)(H,16,17,18);;/q;2*+1/p-2. The van der Waals surface area contributed by atoms with Gasteiger partial charge in [0.15, 0.2) is 20.2 Å². The molecule has 0 aliphatic heterocycles. The fourth-order valence-corrected chi connectivity index (χ4v) is 1.56. The molecule has 0 unspecified atom stereocenters. The fourth-order valence-electron chi connectivity index (χ4n) is 0.680. The van der Waals surface area contributed by atoms with Crippen LogP contribution in [0.1, 0.15) is 0 Å². The van der Waals surface area contributed by atoms with Crippen molar-refractivity contribution >= 4 is 20.2 Å². The van der Waals surface area contributed by atoms with Crippen LogP contribution in [0, 0.1) is 0 Å². The summed E-state index contributed by atoms with van der Waals surface area (Å²) in [6.45, 7) is 0. The maximum atomic E-state index is 12.5. The summed E-state index contributed by atoms with van der Waals surface area (Å²) in [5.41, 5.74) is 0. The van der Waals surface area contributed by atoms with Crippen molar-refractivity contribution in [1.29, 1.82) is 0 Å². The molecule has 0 aromatic rings. The summed E-state index contributed by atoms with van der Waals surface area (Å²) in [6.07, 6.45) is 0. The van der Waals surface area contributed by atoms with Crippen molar-refractivity contribution in [3.8, 4) is 0 Å². The molecule has 0 aliphatic rings. The summed E-state index contributed by atoms with van der Waals surface area (Å²) >= 11 is 0. The molecule has 122 valence electrons. The second kappa shape index (κ2) is 6.75. The topological polar surface area (TPSA) is 114 Å². The molecule has 0 N–H and O–H groups in total. The van der Waals surface area contributed by atoms with Gasteiger partial charge in [0, 0.05) is 0 Å². The second-order valence-corrected chi connectivity index (χ2v) is 5.93. The molecule has 0 saturated carbocycles. The first-order valence-corrected chi connectivity index (χ1v) is 6.49. The summed E-state index contributed by atoms with van der Waals surface area (Å²) in [7, 11) is -15.2. The van der Waals surface area contributed by atoms with E-state index in [1.54, 1.807) is 0 Å². The molecule has 0 radical (unpaired) electrons. The van der Waals surface area contributed by atoms with Gasteiger partial charge in [-0.05, 0) is 0 Å². The van der Waals surface area contributed by atoms with Crippen molar-refractivity contribution in [2.45, 2.75) is 22.4 Å². The Kier molecular flexibility index (Phi) is 8.38. The minimum atomic E-state index is -7.68. The molecule has 0 saturated heterocycles. The van der Waals surface area contributed by atoms with Crippen molar-refractivity contribution in [2.75, 3.05) is 0 Å². The predicted octanol–water partition coefficient (Wildman–Crippen LogP) is -5.46. The quantitative estimate of drug-likeness (QED) is 0.270. The molecule has 6 nitrogen and oxygen atoms in total. The molecule has 0 aromatic carbocycles. The van der Waals surface area contributed by atoms with Gasteiger partial charge in [-0.3, -0.25) is 0 Å². The van der Waals surface area contributed by atoms with Gasteiger partial charge in [-0.2, -0.15) is 35.1 Å². The first kappa shape index (κ1) is 27.3. The number of hydrogen-bond donors (Lipinski definition) is 0. The molecule has 0 heterocycles. The van der Waals surface area contributed by atoms with Crippen molar-refractivity contribution in [3.63, 3.8) is 0 Å². The van der Waals surface area contributed by atoms with E-state index in [1.165, 1.54) is 0 Å². The summed E-state index contributed by atoms with van der Waals surface area (Å²) in [4.78, 5) is 0. The van der Waals surface area contributed by atoms with Crippen LogP contribution in [0.15, 0.2) is 0 Å². The molecule has 0 spiro atoms. The minimum Gasteiger partial charge on any atom is -0.743 e. The fraction of sp³-hybridized carbons (Fsp3) is 1.00. The molecule has 0 bridgehead atoms. The monoisotopic (exact) mass is 374 g/mol. The summed E-state index contributed by atoms with van der Waals surface area (Å²) in [5.74, 6) is -15.4. The van der Waals surface area contributed by atoms with E-state index >= 15 is 0 Å². The average Bonchev–Trinajstić information content (AvgIpc) is 2.12. The van der Waals surface area contributed by atoms with E-state index in [4.69, 9.17) is 0 Å². The smallest absolute Gasteiger partial charge is 0.743 e. The number of rotatable bonds is 5. The number of hydrogen-bond acceptors (Lipinski definition) is 6. The van der Waals surface area contributed by atoms with Crippen LogP contribution >= 0.6 is 0 Å². The van der Waals surface area contributed by atoms with Crippen molar-refractivity contribution in [1.82, 2.24) is 0 Å². The summed E-state index contributed by atoms with van der Waals surface area (Å²) < 4.78 is 158. The Morgan fingerprint density at radius 3 is 0.773 bits per heavy atom. The average molecular weight is 374 g/mol. The van der Waals surface area contributed by atoms with Crippen LogP contribution < -0.4 is 37.7 Å². The van der Waals surface area contributed by atoms with E-state index in [9.17, 15) is 61.1 Å². The predicted molar refractivity (Wildman–Crippen MR) is 39.2 cm³/mol. The maximum Gasteiger partial charge on any atom is 1.00 e. The largest absolute Gasteiger partial charge is 1.00 e. The SMILES string of the molecule is O=S(=O)([O-])C(F)(F)C(F)(F)C(F)(F)C(F)(F)S(=O)(=O)[O-].[Li+].[Li+]. The third-order valence-corrected chi connectivity index (χ3v) is 3.52. The normalized spacial score (nSPS) is 14.8. The first-order valence-electron chi connectivity index (χ1n) is 3.67. The Morgan fingerprint density at radius 2 is 0.682 bits per heavy atom. The maximum absolute atomic E-state index is 12.5. The van der Waals surface area contributed by atoms with E-state index in [2.05, 4.69) is 0 Å². The molecule has 0 fully saturated rings. The van der Waals surface area contributed by atoms with E-state index in [0.29, 0.717) is 0 Å². The van der Waals surface area contributed by atoms with Crippen LogP contribution in [0.3, 0.4) is 0 Å². The van der Waals surface area contributed by atoms with Crippen LogP contribution in [0.2, 0.25) is 0 Å². The van der Waals surface area contributed by atoms with Gasteiger partial charge in [0.2, 0.25) is 0 Å². The van der Waals surface area contributed by atoms with Gasteiger partial charge >= 0.3 is 60.1 Å². The second-order valence-electron chi connectivity index (χ2n) is 3.09. The molecule has 0 atom stereocenters. The Balaban J connectivity index is -0.00000180. The van der Waals surface area contributed by atoms with Crippen LogP contribution in [0.4, 0.5) is 35.1 Å². The zero-order chi connectivity index (χ0) is 17.0. The zero-order valence-corrected chi connectivity index (χ0v) is 11.9. The van der Waals surface area contributed by atoms with Crippen molar-refractivity contribution < 1.29 is 98.8 Å². The van der Waals surface area contributed by atoms with E-state index < -0.39 is 42.6 Å². The zero-order valence-electron chi connectivity index (χ0n) is 10.3. The first-order chi connectivity index (χ1) is 8.25. The third kappa shape index (κ3) is 3.75. The molecule has 0 aromatic heterocycles. The van der Waals surface area contributed by atoms with Crippen LogP contribution in [-0.4, -0.2) is 48.3 Å². The van der Waals surface area contributed by atoms with Crippen molar-refractivity contribution in [3.05, 3.63) is 0 Å². The van der Waals surface area contributed by atoms with Crippen LogP contribution in [0.25, 0.3) is 0 Å².